The molecule has 1 amide bonds. The van der Waals surface area contributed by atoms with E-state index in [-0.39, 0.29) is 17.7 Å². The molecule has 0 saturated carbocycles. The van der Waals surface area contributed by atoms with Crippen LogP contribution in [0.25, 0.3) is 0 Å². The molecule has 0 bridgehead atoms. The summed E-state index contributed by atoms with van der Waals surface area (Å²) in [4.78, 5) is 31.4. The maximum absolute atomic E-state index is 12.8. The van der Waals surface area contributed by atoms with Gasteiger partial charge in [-0.2, -0.15) is 5.26 Å². The van der Waals surface area contributed by atoms with Crippen LogP contribution >= 0.6 is 23.1 Å². The van der Waals surface area contributed by atoms with Crippen LogP contribution in [-0.4, -0.2) is 29.7 Å². The maximum atomic E-state index is 12.8. The first kappa shape index (κ1) is 25.7. The molecule has 4 rings (SSSR count). The molecule has 186 valence electrons. The van der Waals surface area contributed by atoms with Crippen molar-refractivity contribution in [3.05, 3.63) is 38.9 Å². The van der Waals surface area contributed by atoms with Gasteiger partial charge in [-0.15, -0.1) is 23.1 Å². The quantitative estimate of drug-likeness (QED) is 0.380. The van der Waals surface area contributed by atoms with Crippen molar-refractivity contribution >= 4 is 40.0 Å². The fraction of sp³-hybridized carbons (Fsp3) is 0.556. The number of nitrogens with one attached hydrogen (secondary N) is 1. The summed E-state index contributed by atoms with van der Waals surface area (Å²) in [5.41, 5.74) is 4.60. The Hall–Kier alpha value is -2.37. The van der Waals surface area contributed by atoms with E-state index >= 15 is 0 Å². The first-order chi connectivity index (χ1) is 16.7. The second-order valence-electron chi connectivity index (χ2n) is 10.4. The molecule has 8 heteroatoms. The van der Waals surface area contributed by atoms with Crippen molar-refractivity contribution < 1.29 is 14.3 Å². The number of amides is 1. The number of fused-ring (bicyclic) bond motifs is 2. The van der Waals surface area contributed by atoms with Gasteiger partial charge in [0.2, 0.25) is 5.91 Å². The molecule has 2 aromatic heterocycles. The smallest absolute Gasteiger partial charge is 0.341 e. The predicted molar refractivity (Wildman–Crippen MR) is 140 cm³/mol. The zero-order valence-corrected chi connectivity index (χ0v) is 22.6. The molecule has 0 aliphatic heterocycles. The van der Waals surface area contributed by atoms with Gasteiger partial charge in [0.05, 0.1) is 18.2 Å². The zero-order chi connectivity index (χ0) is 25.2. The monoisotopic (exact) mass is 511 g/mol. The SMILES string of the molecule is COC(=O)c1c(NC(=O)CCSc2nc3c(cc2C#N)CCCC3)sc2c1CCC(C(C)(C)C)C2. The summed E-state index contributed by atoms with van der Waals surface area (Å²) in [7, 11) is 1.38. The van der Waals surface area contributed by atoms with E-state index in [0.29, 0.717) is 32.8 Å². The zero-order valence-electron chi connectivity index (χ0n) is 21.0. The predicted octanol–water partition coefficient (Wildman–Crippen LogP) is 5.95. The third-order valence-electron chi connectivity index (χ3n) is 7.09. The van der Waals surface area contributed by atoms with E-state index in [4.69, 9.17) is 9.72 Å². The topological polar surface area (TPSA) is 92.1 Å². The third kappa shape index (κ3) is 5.73. The maximum Gasteiger partial charge on any atom is 0.341 e. The number of nitriles is 1. The molecule has 1 atom stereocenters. The number of aryl methyl sites for hydroxylation is 2. The number of ether oxygens (including phenoxy) is 1. The summed E-state index contributed by atoms with van der Waals surface area (Å²) >= 11 is 2.96. The van der Waals surface area contributed by atoms with Crippen molar-refractivity contribution in [1.82, 2.24) is 4.98 Å². The highest BCUT2D eigenvalue weighted by Crippen LogP contribution is 2.44. The highest BCUT2D eigenvalue weighted by molar-refractivity contribution is 7.99. The molecule has 2 heterocycles. The Morgan fingerprint density at radius 1 is 1.29 bits per heavy atom. The minimum Gasteiger partial charge on any atom is -0.465 e. The molecular weight excluding hydrogens is 478 g/mol. The molecule has 0 spiro atoms. The Bertz CT molecular complexity index is 1170. The van der Waals surface area contributed by atoms with Crippen LogP contribution in [0, 0.1) is 22.7 Å². The van der Waals surface area contributed by atoms with Gasteiger partial charge in [-0.1, -0.05) is 20.8 Å². The Kier molecular flexibility index (Phi) is 7.87. The number of rotatable bonds is 6. The lowest BCUT2D eigenvalue weighted by Crippen LogP contribution is -2.26. The molecule has 1 N–H and O–H groups in total. The average molecular weight is 512 g/mol. The number of methoxy groups -OCH3 is 1. The fourth-order valence-electron chi connectivity index (χ4n) is 4.97. The van der Waals surface area contributed by atoms with E-state index in [1.807, 2.05) is 6.07 Å². The summed E-state index contributed by atoms with van der Waals surface area (Å²) < 4.78 is 5.06. The fourth-order valence-corrected chi connectivity index (χ4v) is 7.21. The van der Waals surface area contributed by atoms with Gasteiger partial charge in [-0.05, 0) is 73.5 Å². The van der Waals surface area contributed by atoms with Crippen LogP contribution in [0.2, 0.25) is 0 Å². The van der Waals surface area contributed by atoms with Crippen molar-refractivity contribution in [3.8, 4) is 6.07 Å². The molecule has 35 heavy (non-hydrogen) atoms. The second kappa shape index (κ2) is 10.7. The number of pyridine rings is 1. The Labute approximate surface area is 215 Å². The molecule has 2 aromatic rings. The van der Waals surface area contributed by atoms with E-state index in [2.05, 4.69) is 32.2 Å². The molecule has 0 radical (unpaired) electrons. The number of aromatic nitrogens is 1. The third-order valence-corrected chi connectivity index (χ3v) is 9.25. The molecular formula is C27H33N3O3S2. The van der Waals surface area contributed by atoms with E-state index in [1.165, 1.54) is 40.6 Å². The molecule has 0 aromatic carbocycles. The summed E-state index contributed by atoms with van der Waals surface area (Å²) in [5.74, 6) is 0.512. The van der Waals surface area contributed by atoms with Gasteiger partial charge in [0.25, 0.3) is 0 Å². The van der Waals surface area contributed by atoms with Crippen molar-refractivity contribution in [2.24, 2.45) is 11.3 Å². The van der Waals surface area contributed by atoms with Gasteiger partial charge < -0.3 is 10.1 Å². The Morgan fingerprint density at radius 3 is 2.77 bits per heavy atom. The van der Waals surface area contributed by atoms with Crippen LogP contribution in [0.1, 0.15) is 84.1 Å². The van der Waals surface area contributed by atoms with Crippen molar-refractivity contribution in [2.75, 3.05) is 18.2 Å². The minimum atomic E-state index is -0.390. The van der Waals surface area contributed by atoms with Crippen LogP contribution in [0.15, 0.2) is 11.1 Å². The van der Waals surface area contributed by atoms with E-state index < -0.39 is 5.97 Å². The number of thiophene rings is 1. The van der Waals surface area contributed by atoms with Crippen molar-refractivity contribution in [2.45, 2.75) is 77.2 Å². The van der Waals surface area contributed by atoms with Gasteiger partial charge in [-0.25, -0.2) is 9.78 Å². The van der Waals surface area contributed by atoms with E-state index in [0.717, 1.165) is 56.2 Å². The normalized spacial score (nSPS) is 17.2. The van der Waals surface area contributed by atoms with Gasteiger partial charge in [0.1, 0.15) is 16.1 Å². The number of hydrogen-bond donors (Lipinski definition) is 1. The molecule has 2 aliphatic rings. The lowest BCUT2D eigenvalue weighted by molar-refractivity contribution is -0.115. The first-order valence-electron chi connectivity index (χ1n) is 12.3. The standard InChI is InChI=1S/C27H33N3O3S2/c1-27(2,3)18-9-10-19-21(14-18)35-25(23(19)26(32)33-4)30-22(31)11-12-34-24-17(15-28)13-16-7-5-6-8-20(16)29-24/h13,18H,5-12,14H2,1-4H3,(H,30,31). The van der Waals surface area contributed by atoms with Gasteiger partial charge in [0.15, 0.2) is 0 Å². The lowest BCUT2D eigenvalue weighted by Gasteiger charge is -2.33. The summed E-state index contributed by atoms with van der Waals surface area (Å²) in [6.07, 6.45) is 7.23. The number of carbonyl (C=O) groups is 2. The van der Waals surface area contributed by atoms with Crippen LogP contribution in [-0.2, 0) is 35.2 Å². The number of esters is 1. The summed E-state index contributed by atoms with van der Waals surface area (Å²) in [6.45, 7) is 6.77. The largest absolute Gasteiger partial charge is 0.465 e. The highest BCUT2D eigenvalue weighted by atomic mass is 32.2. The minimum absolute atomic E-state index is 0.148. The van der Waals surface area contributed by atoms with Gasteiger partial charge >= 0.3 is 5.97 Å². The summed E-state index contributed by atoms with van der Waals surface area (Å²) in [6, 6.07) is 4.22. The number of hydrogen-bond acceptors (Lipinski definition) is 7. The van der Waals surface area contributed by atoms with Gasteiger partial charge in [0, 0.05) is 22.7 Å². The van der Waals surface area contributed by atoms with Crippen molar-refractivity contribution in [1.29, 1.82) is 5.26 Å². The number of thioether (sulfide) groups is 1. The van der Waals surface area contributed by atoms with Crippen molar-refractivity contribution in [3.63, 3.8) is 0 Å². The average Bonchev–Trinajstić information content (AvgIpc) is 3.19. The van der Waals surface area contributed by atoms with Crippen LogP contribution < -0.4 is 5.32 Å². The Balaban J connectivity index is 1.44. The molecule has 1 unspecified atom stereocenters. The first-order valence-corrected chi connectivity index (χ1v) is 14.1. The van der Waals surface area contributed by atoms with Crippen LogP contribution in [0.4, 0.5) is 5.00 Å². The Morgan fingerprint density at radius 2 is 2.06 bits per heavy atom. The van der Waals surface area contributed by atoms with E-state index in [1.54, 1.807) is 0 Å². The molecule has 2 aliphatic carbocycles. The summed E-state index contributed by atoms with van der Waals surface area (Å²) in [5, 5.41) is 13.8. The number of anilines is 1. The molecule has 0 saturated heterocycles. The van der Waals surface area contributed by atoms with Crippen LogP contribution in [0.3, 0.4) is 0 Å². The second-order valence-corrected chi connectivity index (χ2v) is 12.6. The number of nitrogens with zero attached hydrogens (tertiary/aromatic N) is 2. The molecule has 6 nitrogen and oxygen atoms in total. The number of carbonyl (C=O) groups excluding carboxylic acids is 2. The van der Waals surface area contributed by atoms with Crippen LogP contribution in [0.5, 0.6) is 0 Å². The highest BCUT2D eigenvalue weighted by Gasteiger charge is 2.34. The van der Waals surface area contributed by atoms with E-state index in [9.17, 15) is 14.9 Å². The van der Waals surface area contributed by atoms with Gasteiger partial charge in [-0.3, -0.25) is 4.79 Å². The molecule has 0 fully saturated rings. The lowest BCUT2D eigenvalue weighted by atomic mass is 9.72.